The number of amides is 2. The fourth-order valence-electron chi connectivity index (χ4n) is 3.69. The maximum atomic E-state index is 12.1. The van der Waals surface area contributed by atoms with Crippen molar-refractivity contribution in [1.29, 1.82) is 0 Å². The normalized spacial score (nSPS) is 17.7. The molecule has 0 unspecified atom stereocenters. The molecule has 0 atom stereocenters. The molecule has 1 fully saturated rings. The number of nitrogens with one attached hydrogen (secondary N) is 1. The molecule has 0 radical (unpaired) electrons. The molecule has 3 rings (SSSR count). The highest BCUT2D eigenvalue weighted by Crippen LogP contribution is 2.33. The summed E-state index contributed by atoms with van der Waals surface area (Å²) in [5.41, 5.74) is 1.48. The number of ether oxygens (including phenoxy) is 2. The monoisotopic (exact) mass is 374 g/mol. The topological polar surface area (TPSA) is 67.9 Å². The van der Waals surface area contributed by atoms with Crippen LogP contribution >= 0.6 is 0 Å². The Morgan fingerprint density at radius 2 is 2.04 bits per heavy atom. The Balaban J connectivity index is 1.43. The second-order valence-electron chi connectivity index (χ2n) is 8.43. The van der Waals surface area contributed by atoms with Crippen LogP contribution in [-0.2, 0) is 16.0 Å². The SMILES string of the molecule is CC(C)(C)OC(=O)N1CCC(CCCc2cccc3c2OCC(=O)N3)CC1. The fraction of sp³-hybridized carbons (Fsp3) is 0.619. The Morgan fingerprint density at radius 1 is 1.30 bits per heavy atom. The van der Waals surface area contributed by atoms with Crippen molar-refractivity contribution in [3.8, 4) is 5.75 Å². The highest BCUT2D eigenvalue weighted by atomic mass is 16.6. The van der Waals surface area contributed by atoms with Gasteiger partial charge in [0.15, 0.2) is 6.61 Å². The van der Waals surface area contributed by atoms with Gasteiger partial charge in [-0.1, -0.05) is 12.1 Å². The molecule has 2 amide bonds. The zero-order chi connectivity index (χ0) is 19.4. The summed E-state index contributed by atoms with van der Waals surface area (Å²) in [6.07, 6.45) is 5.00. The molecule has 2 aliphatic heterocycles. The van der Waals surface area contributed by atoms with Gasteiger partial charge in [-0.15, -0.1) is 0 Å². The zero-order valence-electron chi connectivity index (χ0n) is 16.5. The summed E-state index contributed by atoms with van der Waals surface area (Å²) in [5, 5.41) is 2.86. The molecule has 0 aromatic heterocycles. The number of carbonyl (C=O) groups is 2. The van der Waals surface area contributed by atoms with E-state index in [4.69, 9.17) is 9.47 Å². The van der Waals surface area contributed by atoms with Gasteiger partial charge in [0.2, 0.25) is 0 Å². The van der Waals surface area contributed by atoms with E-state index in [1.165, 1.54) is 0 Å². The standard InChI is InChI=1S/C21H30N2O4/c1-21(2,3)27-20(25)23-12-10-15(11-13-23)6-4-7-16-8-5-9-17-19(16)26-14-18(24)22-17/h5,8-9,15H,4,6-7,10-14H2,1-3H3,(H,22,24). The maximum absolute atomic E-state index is 12.1. The molecule has 148 valence electrons. The highest BCUT2D eigenvalue weighted by Gasteiger charge is 2.26. The Labute approximate surface area is 161 Å². The van der Waals surface area contributed by atoms with Gasteiger partial charge < -0.3 is 19.7 Å². The fourth-order valence-corrected chi connectivity index (χ4v) is 3.69. The van der Waals surface area contributed by atoms with E-state index in [-0.39, 0.29) is 18.6 Å². The van der Waals surface area contributed by atoms with E-state index in [1.807, 2.05) is 37.8 Å². The summed E-state index contributed by atoms with van der Waals surface area (Å²) in [4.78, 5) is 25.4. The summed E-state index contributed by atoms with van der Waals surface area (Å²) in [7, 11) is 0. The smallest absolute Gasteiger partial charge is 0.410 e. The van der Waals surface area contributed by atoms with Crippen molar-refractivity contribution in [1.82, 2.24) is 4.90 Å². The predicted molar refractivity (Wildman–Crippen MR) is 104 cm³/mol. The third kappa shape index (κ3) is 5.37. The average Bonchev–Trinajstić information content (AvgIpc) is 2.60. The summed E-state index contributed by atoms with van der Waals surface area (Å²) < 4.78 is 11.1. The van der Waals surface area contributed by atoms with Gasteiger partial charge in [0, 0.05) is 13.1 Å². The number of anilines is 1. The number of aryl methyl sites for hydroxylation is 1. The predicted octanol–water partition coefficient (Wildman–Crippen LogP) is 3.99. The lowest BCUT2D eigenvalue weighted by atomic mass is 9.90. The van der Waals surface area contributed by atoms with Crippen LogP contribution in [0.25, 0.3) is 0 Å². The van der Waals surface area contributed by atoms with Gasteiger partial charge in [0.05, 0.1) is 5.69 Å². The van der Waals surface area contributed by atoms with Crippen molar-refractivity contribution < 1.29 is 19.1 Å². The molecule has 6 nitrogen and oxygen atoms in total. The van der Waals surface area contributed by atoms with Gasteiger partial charge in [0.1, 0.15) is 11.4 Å². The number of benzene rings is 1. The Kier molecular flexibility index (Phi) is 5.92. The molecular formula is C21H30N2O4. The Bertz CT molecular complexity index is 688. The van der Waals surface area contributed by atoms with E-state index in [2.05, 4.69) is 11.4 Å². The molecule has 6 heteroatoms. The lowest BCUT2D eigenvalue weighted by Crippen LogP contribution is -2.41. The van der Waals surface area contributed by atoms with Gasteiger partial charge in [0.25, 0.3) is 5.91 Å². The van der Waals surface area contributed by atoms with Crippen LogP contribution in [0.2, 0.25) is 0 Å². The molecule has 0 bridgehead atoms. The van der Waals surface area contributed by atoms with E-state index in [9.17, 15) is 9.59 Å². The Morgan fingerprint density at radius 3 is 2.74 bits per heavy atom. The number of carbonyl (C=O) groups excluding carboxylic acids is 2. The molecule has 0 spiro atoms. The number of fused-ring (bicyclic) bond motifs is 1. The first-order chi connectivity index (χ1) is 12.8. The summed E-state index contributed by atoms with van der Waals surface area (Å²) in [6.45, 7) is 7.33. The molecule has 1 aromatic carbocycles. The van der Waals surface area contributed by atoms with Crippen molar-refractivity contribution in [3.63, 3.8) is 0 Å². The van der Waals surface area contributed by atoms with Crippen LogP contribution in [-0.4, -0.2) is 42.2 Å². The van der Waals surface area contributed by atoms with Gasteiger partial charge in [-0.3, -0.25) is 4.79 Å². The van der Waals surface area contributed by atoms with Gasteiger partial charge in [-0.2, -0.15) is 0 Å². The number of likely N-dealkylation sites (tertiary alicyclic amines) is 1. The summed E-state index contributed by atoms with van der Waals surface area (Å²) in [5.74, 6) is 1.36. The van der Waals surface area contributed by atoms with E-state index in [0.29, 0.717) is 5.92 Å². The molecule has 1 saturated heterocycles. The minimum absolute atomic E-state index is 0.0904. The molecule has 1 aromatic rings. The molecular weight excluding hydrogens is 344 g/mol. The molecule has 1 N–H and O–H groups in total. The molecule has 2 heterocycles. The van der Waals surface area contributed by atoms with Crippen molar-refractivity contribution in [2.45, 2.75) is 58.5 Å². The summed E-state index contributed by atoms with van der Waals surface area (Å²) >= 11 is 0. The highest BCUT2D eigenvalue weighted by molar-refractivity contribution is 5.95. The second-order valence-corrected chi connectivity index (χ2v) is 8.43. The van der Waals surface area contributed by atoms with Crippen LogP contribution in [0.5, 0.6) is 5.75 Å². The van der Waals surface area contributed by atoms with Crippen LogP contribution in [0.4, 0.5) is 10.5 Å². The van der Waals surface area contributed by atoms with Crippen molar-refractivity contribution in [2.75, 3.05) is 25.0 Å². The molecule has 27 heavy (non-hydrogen) atoms. The lowest BCUT2D eigenvalue weighted by molar-refractivity contribution is -0.118. The van der Waals surface area contributed by atoms with Crippen molar-refractivity contribution in [3.05, 3.63) is 23.8 Å². The number of para-hydroxylation sites is 1. The number of piperidine rings is 1. The third-order valence-corrected chi connectivity index (χ3v) is 5.04. The van der Waals surface area contributed by atoms with Gasteiger partial charge >= 0.3 is 6.09 Å². The number of hydrogen-bond acceptors (Lipinski definition) is 4. The molecule has 0 saturated carbocycles. The van der Waals surface area contributed by atoms with Crippen molar-refractivity contribution in [2.24, 2.45) is 5.92 Å². The van der Waals surface area contributed by atoms with E-state index in [1.54, 1.807) is 0 Å². The first-order valence-electron chi connectivity index (χ1n) is 9.84. The van der Waals surface area contributed by atoms with Gasteiger partial charge in [-0.25, -0.2) is 4.79 Å². The van der Waals surface area contributed by atoms with Crippen LogP contribution in [0.3, 0.4) is 0 Å². The minimum Gasteiger partial charge on any atom is -0.481 e. The quantitative estimate of drug-likeness (QED) is 0.865. The van der Waals surface area contributed by atoms with Crippen LogP contribution in [0.15, 0.2) is 18.2 Å². The zero-order valence-corrected chi connectivity index (χ0v) is 16.5. The number of hydrogen-bond donors (Lipinski definition) is 1. The van der Waals surface area contributed by atoms with Gasteiger partial charge in [-0.05, 0) is 70.4 Å². The van der Waals surface area contributed by atoms with E-state index < -0.39 is 5.60 Å². The van der Waals surface area contributed by atoms with Crippen LogP contribution in [0, 0.1) is 5.92 Å². The molecule has 2 aliphatic rings. The minimum atomic E-state index is -0.440. The average molecular weight is 374 g/mol. The lowest BCUT2D eigenvalue weighted by Gasteiger charge is -2.33. The second kappa shape index (κ2) is 8.19. The number of rotatable bonds is 4. The van der Waals surface area contributed by atoms with Crippen molar-refractivity contribution >= 4 is 17.7 Å². The first kappa shape index (κ1) is 19.5. The maximum Gasteiger partial charge on any atom is 0.410 e. The molecule has 0 aliphatic carbocycles. The van der Waals surface area contributed by atoms with Crippen LogP contribution < -0.4 is 10.1 Å². The summed E-state index contributed by atoms with van der Waals surface area (Å²) in [6, 6.07) is 5.91. The van der Waals surface area contributed by atoms with E-state index >= 15 is 0 Å². The third-order valence-electron chi connectivity index (χ3n) is 5.04. The number of nitrogens with zero attached hydrogens (tertiary/aromatic N) is 1. The first-order valence-corrected chi connectivity index (χ1v) is 9.84. The van der Waals surface area contributed by atoms with E-state index in [0.717, 1.165) is 62.2 Å². The largest absolute Gasteiger partial charge is 0.481 e. The Hall–Kier alpha value is -2.24. The van der Waals surface area contributed by atoms with Crippen LogP contribution in [0.1, 0.15) is 52.0 Å².